The summed E-state index contributed by atoms with van der Waals surface area (Å²) >= 11 is 1.52. The van der Waals surface area contributed by atoms with Gasteiger partial charge in [0.1, 0.15) is 12.6 Å². The summed E-state index contributed by atoms with van der Waals surface area (Å²) in [7, 11) is 1.80. The van der Waals surface area contributed by atoms with Crippen LogP contribution in [0.25, 0.3) is 11.1 Å². The van der Waals surface area contributed by atoms with Gasteiger partial charge in [-0.15, -0.1) is 5.10 Å². The molecule has 14 heteroatoms. The lowest BCUT2D eigenvalue weighted by Crippen LogP contribution is -2.41. The molecule has 2 aliphatic heterocycles. The van der Waals surface area contributed by atoms with Crippen molar-refractivity contribution in [1.82, 2.24) is 30.4 Å². The Labute approximate surface area is 316 Å². The van der Waals surface area contributed by atoms with Crippen molar-refractivity contribution in [2.24, 2.45) is 13.0 Å². The first-order valence-corrected chi connectivity index (χ1v) is 18.6. The first-order valence-electron chi connectivity index (χ1n) is 17.6. The van der Waals surface area contributed by atoms with E-state index in [4.69, 9.17) is 14.2 Å². The molecule has 2 fully saturated rings. The zero-order valence-electron chi connectivity index (χ0n) is 29.8. The SMILES string of the molecule is C[C@@H]1[C@H](CSc2nnnn2C)O[C@H](c2cccc(-c3cccc(CN4C(=O)CC(NC(=O)OCc5ccccc5)C4=O)c3)c2)O[C@@H]1c1ccc(CO)cc1. The number of alkyl carbamates (subject to hydrolysis) is 1. The molecule has 2 saturated heterocycles. The molecular formula is C40H40N6O7S. The number of likely N-dealkylation sites (tertiary alicyclic amines) is 1. The fourth-order valence-corrected chi connectivity index (χ4v) is 7.59. The van der Waals surface area contributed by atoms with E-state index in [1.54, 1.807) is 11.7 Å². The van der Waals surface area contributed by atoms with Gasteiger partial charge in [-0.2, -0.15) is 0 Å². The topological polar surface area (TPSA) is 158 Å². The highest BCUT2D eigenvalue weighted by Crippen LogP contribution is 2.43. The maximum absolute atomic E-state index is 13.2. The minimum atomic E-state index is -0.991. The molecule has 0 saturated carbocycles. The highest BCUT2D eigenvalue weighted by atomic mass is 32.2. The van der Waals surface area contributed by atoms with Gasteiger partial charge < -0.3 is 24.6 Å². The fourth-order valence-electron chi connectivity index (χ4n) is 6.58. The second kappa shape index (κ2) is 16.7. The van der Waals surface area contributed by atoms with Crippen LogP contribution in [0.4, 0.5) is 4.79 Å². The Morgan fingerprint density at radius 1 is 0.907 bits per heavy atom. The summed E-state index contributed by atoms with van der Waals surface area (Å²) in [5, 5.41) is 24.6. The molecule has 3 heterocycles. The van der Waals surface area contributed by atoms with Gasteiger partial charge in [0.25, 0.3) is 5.91 Å². The summed E-state index contributed by atoms with van der Waals surface area (Å²) in [5.74, 6) is -0.263. The van der Waals surface area contributed by atoms with Crippen LogP contribution in [0.2, 0.25) is 0 Å². The van der Waals surface area contributed by atoms with Crippen LogP contribution in [0.3, 0.4) is 0 Å². The van der Waals surface area contributed by atoms with E-state index in [2.05, 4.69) is 27.8 Å². The highest BCUT2D eigenvalue weighted by Gasteiger charge is 2.40. The van der Waals surface area contributed by atoms with Gasteiger partial charge in [-0.25, -0.2) is 9.48 Å². The van der Waals surface area contributed by atoms with E-state index < -0.39 is 24.3 Å². The monoisotopic (exact) mass is 748 g/mol. The maximum atomic E-state index is 13.2. The summed E-state index contributed by atoms with van der Waals surface area (Å²) in [6.07, 6.45) is -2.07. The first kappa shape index (κ1) is 36.9. The lowest BCUT2D eigenvalue weighted by Gasteiger charge is -2.41. The van der Waals surface area contributed by atoms with Gasteiger partial charge in [0, 0.05) is 24.3 Å². The third-order valence-corrected chi connectivity index (χ3v) is 10.7. The Morgan fingerprint density at radius 3 is 2.39 bits per heavy atom. The number of nitrogens with zero attached hydrogens (tertiary/aromatic N) is 5. The molecule has 278 valence electrons. The summed E-state index contributed by atoms with van der Waals surface area (Å²) in [6, 6.07) is 31.6. The number of hydrogen-bond acceptors (Lipinski definition) is 11. The molecule has 2 N–H and O–H groups in total. The van der Waals surface area contributed by atoms with Crippen LogP contribution in [0.1, 0.15) is 53.6 Å². The van der Waals surface area contributed by atoms with Crippen molar-refractivity contribution in [2.45, 2.75) is 62.8 Å². The molecule has 0 bridgehead atoms. The molecule has 7 rings (SSSR count). The van der Waals surface area contributed by atoms with Crippen molar-refractivity contribution < 1.29 is 33.7 Å². The smallest absolute Gasteiger partial charge is 0.408 e. The van der Waals surface area contributed by atoms with Crippen LogP contribution in [-0.4, -0.2) is 66.0 Å². The summed E-state index contributed by atoms with van der Waals surface area (Å²) in [6.45, 7) is 2.18. The number of rotatable bonds is 12. The molecule has 1 unspecified atom stereocenters. The molecule has 1 aromatic heterocycles. The number of amides is 3. The quantitative estimate of drug-likeness (QED) is 0.123. The normalized spacial score (nSPS) is 21.3. The molecule has 4 aromatic carbocycles. The van der Waals surface area contributed by atoms with Gasteiger partial charge >= 0.3 is 6.09 Å². The molecule has 3 amide bonds. The average Bonchev–Trinajstić information content (AvgIpc) is 3.73. The first-order chi connectivity index (χ1) is 26.2. The van der Waals surface area contributed by atoms with Gasteiger partial charge in [0.15, 0.2) is 6.29 Å². The number of tetrazole rings is 1. The van der Waals surface area contributed by atoms with E-state index in [-0.39, 0.29) is 50.2 Å². The molecule has 0 aliphatic carbocycles. The van der Waals surface area contributed by atoms with Crippen molar-refractivity contribution in [2.75, 3.05) is 5.75 Å². The van der Waals surface area contributed by atoms with Crippen molar-refractivity contribution in [3.05, 3.63) is 131 Å². The van der Waals surface area contributed by atoms with Gasteiger partial charge in [-0.05, 0) is 55.9 Å². The number of carbonyl (C=O) groups is 3. The standard InChI is InChI=1S/C40H40N6O7S/c1-25-34(24-54-39-42-43-44-45(39)2)52-38(53-36(25)29-16-14-26(22-47)15-17-29)32-13-7-12-31(19-32)30-11-6-10-28(18-30)21-46-35(48)20-33(37(46)49)41-40(50)51-23-27-8-4-3-5-9-27/h3-19,25,33-34,36,38,47H,20-24H2,1-2H3,(H,41,50)/t25-,33?,34+,36+,38+/m1/s1. The van der Waals surface area contributed by atoms with Crippen LogP contribution in [0, 0.1) is 5.92 Å². The number of aliphatic hydroxyl groups excluding tert-OH is 1. The minimum Gasteiger partial charge on any atom is -0.445 e. The zero-order valence-corrected chi connectivity index (χ0v) is 30.6. The number of hydrogen-bond donors (Lipinski definition) is 2. The maximum Gasteiger partial charge on any atom is 0.408 e. The number of imide groups is 1. The Hall–Kier alpha value is -5.41. The summed E-state index contributed by atoms with van der Waals surface area (Å²) in [4.78, 5) is 39.8. The number of ether oxygens (including phenoxy) is 3. The van der Waals surface area contributed by atoms with Crippen LogP contribution >= 0.6 is 11.8 Å². The van der Waals surface area contributed by atoms with E-state index in [9.17, 15) is 19.5 Å². The summed E-state index contributed by atoms with van der Waals surface area (Å²) in [5.41, 5.74) is 5.99. The van der Waals surface area contributed by atoms with Crippen LogP contribution < -0.4 is 5.32 Å². The van der Waals surface area contributed by atoms with E-state index in [1.807, 2.05) is 103 Å². The molecular weight excluding hydrogens is 709 g/mol. The second-order valence-electron chi connectivity index (χ2n) is 13.3. The molecule has 2 aliphatic rings. The van der Waals surface area contributed by atoms with Crippen molar-refractivity contribution in [1.29, 1.82) is 0 Å². The molecule has 0 spiro atoms. The van der Waals surface area contributed by atoms with E-state index in [0.29, 0.717) is 10.9 Å². The fraction of sp³-hybridized carbons (Fsp3) is 0.300. The number of carbonyl (C=O) groups excluding carboxylic acids is 3. The van der Waals surface area contributed by atoms with E-state index >= 15 is 0 Å². The van der Waals surface area contributed by atoms with Gasteiger partial charge in [-0.1, -0.05) is 110 Å². The number of benzene rings is 4. The minimum absolute atomic E-state index is 0.0134. The van der Waals surface area contributed by atoms with E-state index in [1.165, 1.54) is 16.7 Å². The second-order valence-corrected chi connectivity index (χ2v) is 14.3. The number of aryl methyl sites for hydroxylation is 1. The third-order valence-electron chi connectivity index (χ3n) is 9.59. The molecule has 5 aromatic rings. The molecule has 5 atom stereocenters. The lowest BCUT2D eigenvalue weighted by atomic mass is 9.91. The van der Waals surface area contributed by atoms with Crippen molar-refractivity contribution >= 4 is 29.7 Å². The van der Waals surface area contributed by atoms with Crippen molar-refractivity contribution in [3.63, 3.8) is 0 Å². The highest BCUT2D eigenvalue weighted by molar-refractivity contribution is 7.99. The number of nitrogens with one attached hydrogen (secondary N) is 1. The summed E-state index contributed by atoms with van der Waals surface area (Å²) < 4.78 is 20.2. The number of thioether (sulfide) groups is 1. The van der Waals surface area contributed by atoms with Gasteiger partial charge in [0.2, 0.25) is 11.1 Å². The largest absolute Gasteiger partial charge is 0.445 e. The number of aliphatic hydroxyl groups is 1. The Bertz CT molecular complexity index is 2100. The predicted molar refractivity (Wildman–Crippen MR) is 198 cm³/mol. The van der Waals surface area contributed by atoms with Crippen LogP contribution in [-0.2, 0) is 50.6 Å². The molecule has 0 radical (unpaired) electrons. The van der Waals surface area contributed by atoms with Crippen molar-refractivity contribution in [3.8, 4) is 11.1 Å². The Kier molecular flexibility index (Phi) is 11.4. The Morgan fingerprint density at radius 2 is 1.65 bits per heavy atom. The molecule has 13 nitrogen and oxygen atoms in total. The van der Waals surface area contributed by atoms with E-state index in [0.717, 1.165) is 38.9 Å². The van der Waals surface area contributed by atoms with Gasteiger partial charge in [-0.3, -0.25) is 14.5 Å². The number of aromatic nitrogens is 4. The lowest BCUT2D eigenvalue weighted by molar-refractivity contribution is -0.268. The van der Waals surface area contributed by atoms with Crippen LogP contribution in [0.5, 0.6) is 0 Å². The zero-order chi connectivity index (χ0) is 37.6. The van der Waals surface area contributed by atoms with Crippen LogP contribution in [0.15, 0.2) is 108 Å². The Balaban J connectivity index is 1.05. The molecule has 54 heavy (non-hydrogen) atoms. The average molecular weight is 749 g/mol. The van der Waals surface area contributed by atoms with Gasteiger partial charge in [0.05, 0.1) is 31.8 Å². The third kappa shape index (κ3) is 8.52. The predicted octanol–water partition coefficient (Wildman–Crippen LogP) is 5.51.